The standard InChI is InChI=1S/C25H23ClN4O4/c1-16-7-3-5-9-20(16)29-24(32)25(33)30-27-14-18-8-4-6-10-22(18)34-15-23(31)28-21-13-19(26)12-11-17(21)2/h3-14H,15H2,1-2H3,(H,28,31)(H,29,32)(H,30,33)/b27-14+. The third-order valence-electron chi connectivity index (χ3n) is 4.72. The van der Waals surface area contributed by atoms with Crippen molar-refractivity contribution in [3.8, 4) is 5.75 Å². The smallest absolute Gasteiger partial charge is 0.329 e. The molecule has 0 radical (unpaired) electrons. The number of ether oxygens (including phenoxy) is 1. The van der Waals surface area contributed by atoms with Gasteiger partial charge in [-0.3, -0.25) is 14.4 Å². The first-order valence-corrected chi connectivity index (χ1v) is 10.7. The van der Waals surface area contributed by atoms with Crippen LogP contribution in [0.4, 0.5) is 11.4 Å². The van der Waals surface area contributed by atoms with Gasteiger partial charge in [0.25, 0.3) is 5.91 Å². The van der Waals surface area contributed by atoms with Crippen LogP contribution in [0, 0.1) is 13.8 Å². The topological polar surface area (TPSA) is 109 Å². The Hall–Kier alpha value is -4.17. The van der Waals surface area contributed by atoms with Crippen LogP contribution >= 0.6 is 11.6 Å². The fourth-order valence-corrected chi connectivity index (χ4v) is 3.05. The Labute approximate surface area is 202 Å². The van der Waals surface area contributed by atoms with Gasteiger partial charge in [-0.25, -0.2) is 5.43 Å². The lowest BCUT2D eigenvalue weighted by atomic mass is 10.2. The second kappa shape index (κ2) is 11.6. The van der Waals surface area contributed by atoms with Gasteiger partial charge in [-0.2, -0.15) is 5.10 Å². The Morgan fingerprint density at radius 2 is 1.59 bits per heavy atom. The van der Waals surface area contributed by atoms with Crippen molar-refractivity contribution in [3.05, 3.63) is 88.4 Å². The summed E-state index contributed by atoms with van der Waals surface area (Å²) in [5, 5.41) is 9.61. The summed E-state index contributed by atoms with van der Waals surface area (Å²) < 4.78 is 5.61. The number of carbonyl (C=O) groups is 3. The molecule has 3 N–H and O–H groups in total. The van der Waals surface area contributed by atoms with Crippen LogP contribution in [0.2, 0.25) is 5.02 Å². The lowest BCUT2D eigenvalue weighted by Crippen LogP contribution is -2.32. The lowest BCUT2D eigenvalue weighted by molar-refractivity contribution is -0.136. The Bertz CT molecular complexity index is 1240. The first-order valence-electron chi connectivity index (χ1n) is 10.3. The fraction of sp³-hybridized carbons (Fsp3) is 0.120. The van der Waals surface area contributed by atoms with Crippen LogP contribution in [-0.2, 0) is 14.4 Å². The highest BCUT2D eigenvalue weighted by Gasteiger charge is 2.14. The zero-order valence-electron chi connectivity index (χ0n) is 18.6. The third kappa shape index (κ3) is 6.91. The van der Waals surface area contributed by atoms with Crippen molar-refractivity contribution in [3.63, 3.8) is 0 Å². The van der Waals surface area contributed by atoms with E-state index in [1.165, 1.54) is 6.21 Å². The summed E-state index contributed by atoms with van der Waals surface area (Å²) in [4.78, 5) is 36.4. The molecular formula is C25H23ClN4O4. The number of benzene rings is 3. The summed E-state index contributed by atoms with van der Waals surface area (Å²) in [5.41, 5.74) is 5.52. The average molecular weight is 479 g/mol. The van der Waals surface area contributed by atoms with E-state index in [0.717, 1.165) is 11.1 Å². The van der Waals surface area contributed by atoms with E-state index in [-0.39, 0.29) is 12.5 Å². The number of carbonyl (C=O) groups excluding carboxylic acids is 3. The van der Waals surface area contributed by atoms with Crippen LogP contribution in [0.1, 0.15) is 16.7 Å². The third-order valence-corrected chi connectivity index (χ3v) is 4.96. The molecule has 0 bridgehead atoms. The maximum absolute atomic E-state index is 12.3. The van der Waals surface area contributed by atoms with Gasteiger partial charge >= 0.3 is 11.8 Å². The lowest BCUT2D eigenvalue weighted by Gasteiger charge is -2.11. The quantitative estimate of drug-likeness (QED) is 0.270. The predicted octanol–water partition coefficient (Wildman–Crippen LogP) is 4.06. The fourth-order valence-electron chi connectivity index (χ4n) is 2.88. The molecule has 0 aliphatic rings. The van der Waals surface area contributed by atoms with E-state index < -0.39 is 11.8 Å². The molecule has 34 heavy (non-hydrogen) atoms. The minimum absolute atomic E-state index is 0.248. The number of hydrazone groups is 1. The Kier molecular flexibility index (Phi) is 8.37. The highest BCUT2D eigenvalue weighted by molar-refractivity contribution is 6.39. The molecule has 0 atom stereocenters. The van der Waals surface area contributed by atoms with E-state index in [0.29, 0.717) is 27.7 Å². The molecular weight excluding hydrogens is 456 g/mol. The van der Waals surface area contributed by atoms with Crippen LogP contribution in [0.15, 0.2) is 71.8 Å². The van der Waals surface area contributed by atoms with Crippen molar-refractivity contribution < 1.29 is 19.1 Å². The van der Waals surface area contributed by atoms with Crippen molar-refractivity contribution in [1.82, 2.24) is 5.43 Å². The number of nitrogens with one attached hydrogen (secondary N) is 3. The van der Waals surface area contributed by atoms with E-state index in [1.807, 2.05) is 26.0 Å². The normalized spacial score (nSPS) is 10.6. The summed E-state index contributed by atoms with van der Waals surface area (Å²) in [5.74, 6) is -1.75. The molecule has 3 rings (SSSR count). The van der Waals surface area contributed by atoms with Gasteiger partial charge in [0.1, 0.15) is 5.75 Å². The van der Waals surface area contributed by atoms with Crippen LogP contribution in [-0.4, -0.2) is 30.5 Å². The van der Waals surface area contributed by atoms with Gasteiger partial charge in [0, 0.05) is 22.0 Å². The predicted molar refractivity (Wildman–Crippen MR) is 132 cm³/mol. The van der Waals surface area contributed by atoms with E-state index in [4.69, 9.17) is 16.3 Å². The highest BCUT2D eigenvalue weighted by atomic mass is 35.5. The number of halogens is 1. The zero-order valence-corrected chi connectivity index (χ0v) is 19.3. The second-order valence-electron chi connectivity index (χ2n) is 7.30. The molecule has 0 aliphatic heterocycles. The Morgan fingerprint density at radius 1 is 0.882 bits per heavy atom. The van der Waals surface area contributed by atoms with Gasteiger partial charge in [0.15, 0.2) is 6.61 Å². The van der Waals surface area contributed by atoms with Crippen LogP contribution in [0.3, 0.4) is 0 Å². The summed E-state index contributed by atoms with van der Waals surface area (Å²) >= 11 is 5.98. The molecule has 0 saturated heterocycles. The largest absolute Gasteiger partial charge is 0.483 e. The van der Waals surface area contributed by atoms with Gasteiger partial charge in [-0.1, -0.05) is 48.0 Å². The van der Waals surface area contributed by atoms with E-state index in [9.17, 15) is 14.4 Å². The minimum atomic E-state index is -0.922. The van der Waals surface area contributed by atoms with Crippen molar-refractivity contribution in [2.24, 2.45) is 5.10 Å². The molecule has 9 heteroatoms. The van der Waals surface area contributed by atoms with E-state index in [2.05, 4.69) is 21.2 Å². The molecule has 0 aromatic heterocycles. The maximum Gasteiger partial charge on any atom is 0.329 e. The molecule has 0 aliphatic carbocycles. The molecule has 0 fully saturated rings. The summed E-state index contributed by atoms with van der Waals surface area (Å²) in [7, 11) is 0. The van der Waals surface area contributed by atoms with Crippen LogP contribution < -0.4 is 20.8 Å². The second-order valence-corrected chi connectivity index (χ2v) is 7.74. The molecule has 0 saturated carbocycles. The molecule has 3 aromatic rings. The monoisotopic (exact) mass is 478 g/mol. The Balaban J connectivity index is 1.55. The summed E-state index contributed by atoms with van der Waals surface area (Å²) in [6, 6.07) is 19.1. The molecule has 8 nitrogen and oxygen atoms in total. The average Bonchev–Trinajstić information content (AvgIpc) is 2.82. The molecule has 0 unspecified atom stereocenters. The number of amides is 3. The number of nitrogens with zero attached hydrogens (tertiary/aromatic N) is 1. The molecule has 0 heterocycles. The van der Waals surface area contributed by atoms with E-state index in [1.54, 1.807) is 54.6 Å². The van der Waals surface area contributed by atoms with Gasteiger partial charge in [0.05, 0.1) is 6.21 Å². The summed E-state index contributed by atoms with van der Waals surface area (Å²) in [6.45, 7) is 3.43. The van der Waals surface area contributed by atoms with Gasteiger partial charge in [-0.05, 0) is 55.3 Å². The van der Waals surface area contributed by atoms with Crippen LogP contribution in [0.25, 0.3) is 0 Å². The zero-order chi connectivity index (χ0) is 24.5. The molecule has 174 valence electrons. The molecule has 0 spiro atoms. The molecule has 3 amide bonds. The van der Waals surface area contributed by atoms with Gasteiger partial charge in [0.2, 0.25) is 0 Å². The van der Waals surface area contributed by atoms with Gasteiger partial charge < -0.3 is 15.4 Å². The van der Waals surface area contributed by atoms with E-state index >= 15 is 0 Å². The highest BCUT2D eigenvalue weighted by Crippen LogP contribution is 2.20. The van der Waals surface area contributed by atoms with Gasteiger partial charge in [-0.15, -0.1) is 0 Å². The number of anilines is 2. The first-order chi connectivity index (χ1) is 16.3. The first kappa shape index (κ1) is 24.5. The van der Waals surface area contributed by atoms with Crippen molar-refractivity contribution >= 4 is 46.9 Å². The minimum Gasteiger partial charge on any atom is -0.483 e. The maximum atomic E-state index is 12.3. The van der Waals surface area contributed by atoms with Crippen LogP contribution in [0.5, 0.6) is 5.75 Å². The summed E-state index contributed by atoms with van der Waals surface area (Å²) in [6.07, 6.45) is 1.33. The van der Waals surface area contributed by atoms with Crippen molar-refractivity contribution in [2.45, 2.75) is 13.8 Å². The number of para-hydroxylation sites is 2. The Morgan fingerprint density at radius 3 is 2.38 bits per heavy atom. The number of hydrogen-bond donors (Lipinski definition) is 3. The number of hydrogen-bond acceptors (Lipinski definition) is 5. The SMILES string of the molecule is Cc1ccc(Cl)cc1NC(=O)COc1ccccc1/C=N/NC(=O)C(=O)Nc1ccccc1C. The number of rotatable bonds is 7. The number of aryl methyl sites for hydroxylation is 2. The van der Waals surface area contributed by atoms with Crippen molar-refractivity contribution in [1.29, 1.82) is 0 Å². The van der Waals surface area contributed by atoms with Crippen molar-refractivity contribution in [2.75, 3.05) is 17.2 Å². The molecule has 3 aromatic carbocycles.